The highest BCUT2D eigenvalue weighted by Crippen LogP contribution is 2.29. The Balaban J connectivity index is 1.87. The molecule has 5 nitrogen and oxygen atoms in total. The van der Waals surface area contributed by atoms with Crippen molar-refractivity contribution in [2.45, 2.75) is 37.5 Å². The third kappa shape index (κ3) is 6.17. The molecular weight excluding hydrogens is 322 g/mol. The lowest BCUT2D eigenvalue weighted by atomic mass is 9.84. The standard InChI is InChI=1S/C18H27N3O2S/c1-13(14-6-9-20-10-7-14)12-18(23)21-15-4-2-3-5-16(15)24-11-8-17(19)22/h2-5,13-14,20H,6-12H2,1H3,(H2,19,22)(H,21,23). The fourth-order valence-corrected chi connectivity index (χ4v) is 4.00. The lowest BCUT2D eigenvalue weighted by Crippen LogP contribution is -2.32. The molecule has 0 radical (unpaired) electrons. The van der Waals surface area contributed by atoms with E-state index in [4.69, 9.17) is 5.73 Å². The Morgan fingerprint density at radius 1 is 1.33 bits per heavy atom. The number of nitrogens with one attached hydrogen (secondary N) is 2. The molecule has 24 heavy (non-hydrogen) atoms. The van der Waals surface area contributed by atoms with Crippen LogP contribution in [0.5, 0.6) is 0 Å². The first kappa shape index (κ1) is 18.8. The van der Waals surface area contributed by atoms with Crippen molar-refractivity contribution in [2.75, 3.05) is 24.2 Å². The number of nitrogens with two attached hydrogens (primary N) is 1. The number of hydrogen-bond acceptors (Lipinski definition) is 4. The maximum absolute atomic E-state index is 12.4. The fraction of sp³-hybridized carbons (Fsp3) is 0.556. The maximum atomic E-state index is 12.4. The van der Waals surface area contributed by atoms with E-state index in [1.54, 1.807) is 11.8 Å². The smallest absolute Gasteiger partial charge is 0.224 e. The summed E-state index contributed by atoms with van der Waals surface area (Å²) in [6, 6.07) is 7.70. The van der Waals surface area contributed by atoms with E-state index in [1.165, 1.54) is 0 Å². The maximum Gasteiger partial charge on any atom is 0.224 e. The second-order valence-corrected chi connectivity index (χ2v) is 7.51. The summed E-state index contributed by atoms with van der Waals surface area (Å²) >= 11 is 1.54. The average molecular weight is 350 g/mol. The van der Waals surface area contributed by atoms with E-state index < -0.39 is 0 Å². The van der Waals surface area contributed by atoms with Crippen LogP contribution in [0.2, 0.25) is 0 Å². The molecule has 1 aromatic carbocycles. The lowest BCUT2D eigenvalue weighted by molar-refractivity contribution is -0.118. The number of carbonyl (C=O) groups excluding carboxylic acids is 2. The van der Waals surface area contributed by atoms with Crippen LogP contribution in [0.15, 0.2) is 29.2 Å². The minimum Gasteiger partial charge on any atom is -0.370 e. The highest BCUT2D eigenvalue weighted by molar-refractivity contribution is 7.99. The van der Waals surface area contributed by atoms with Gasteiger partial charge in [-0.05, 0) is 49.9 Å². The van der Waals surface area contributed by atoms with Crippen LogP contribution < -0.4 is 16.4 Å². The van der Waals surface area contributed by atoms with Gasteiger partial charge in [0.15, 0.2) is 0 Å². The quantitative estimate of drug-likeness (QED) is 0.630. The average Bonchev–Trinajstić information content (AvgIpc) is 2.57. The molecule has 6 heteroatoms. The van der Waals surface area contributed by atoms with E-state index in [0.717, 1.165) is 36.5 Å². The summed E-state index contributed by atoms with van der Waals surface area (Å²) in [5.74, 6) is 1.39. The highest BCUT2D eigenvalue weighted by atomic mass is 32.2. The van der Waals surface area contributed by atoms with Gasteiger partial charge in [0.05, 0.1) is 5.69 Å². The number of hydrogen-bond donors (Lipinski definition) is 3. The van der Waals surface area contributed by atoms with E-state index in [0.29, 0.717) is 30.4 Å². The Morgan fingerprint density at radius 3 is 2.75 bits per heavy atom. The molecule has 1 aromatic rings. The van der Waals surface area contributed by atoms with Crippen LogP contribution in [0.4, 0.5) is 5.69 Å². The van der Waals surface area contributed by atoms with Gasteiger partial charge in [-0.15, -0.1) is 11.8 Å². The van der Waals surface area contributed by atoms with E-state index in [-0.39, 0.29) is 11.8 Å². The molecule has 0 saturated carbocycles. The third-order valence-electron chi connectivity index (χ3n) is 4.46. The summed E-state index contributed by atoms with van der Waals surface area (Å²) in [5.41, 5.74) is 5.99. The van der Waals surface area contributed by atoms with Crippen molar-refractivity contribution in [1.29, 1.82) is 0 Å². The molecule has 132 valence electrons. The number of primary amides is 1. The molecule has 0 aromatic heterocycles. The summed E-state index contributed by atoms with van der Waals surface area (Å²) in [6.45, 7) is 4.27. The minimum atomic E-state index is -0.306. The van der Waals surface area contributed by atoms with Gasteiger partial charge < -0.3 is 16.4 Å². The number of piperidine rings is 1. The first-order valence-electron chi connectivity index (χ1n) is 8.57. The normalized spacial score (nSPS) is 16.5. The van der Waals surface area contributed by atoms with Crippen molar-refractivity contribution in [3.8, 4) is 0 Å². The zero-order chi connectivity index (χ0) is 17.4. The minimum absolute atomic E-state index is 0.0592. The van der Waals surface area contributed by atoms with Gasteiger partial charge in [-0.1, -0.05) is 19.1 Å². The van der Waals surface area contributed by atoms with Crippen LogP contribution in [0, 0.1) is 11.8 Å². The molecule has 1 fully saturated rings. The van der Waals surface area contributed by atoms with E-state index >= 15 is 0 Å². The Hall–Kier alpha value is -1.53. The number of carbonyl (C=O) groups is 2. The molecule has 2 rings (SSSR count). The van der Waals surface area contributed by atoms with Crippen LogP contribution in [-0.2, 0) is 9.59 Å². The van der Waals surface area contributed by atoms with E-state index in [9.17, 15) is 9.59 Å². The van der Waals surface area contributed by atoms with Gasteiger partial charge in [-0.2, -0.15) is 0 Å². The van der Waals surface area contributed by atoms with Gasteiger partial charge in [0.1, 0.15) is 0 Å². The third-order valence-corrected chi connectivity index (χ3v) is 5.54. The number of para-hydroxylation sites is 1. The topological polar surface area (TPSA) is 84.2 Å². The molecule has 1 atom stereocenters. The number of benzene rings is 1. The summed E-state index contributed by atoms with van der Waals surface area (Å²) in [5, 5.41) is 6.39. The second-order valence-electron chi connectivity index (χ2n) is 6.38. The Morgan fingerprint density at radius 2 is 2.04 bits per heavy atom. The summed E-state index contributed by atoms with van der Waals surface area (Å²) in [6.07, 6.45) is 3.17. The zero-order valence-corrected chi connectivity index (χ0v) is 15.0. The van der Waals surface area contributed by atoms with Gasteiger partial charge in [0.25, 0.3) is 0 Å². The van der Waals surface area contributed by atoms with Crippen molar-refractivity contribution in [3.63, 3.8) is 0 Å². The molecule has 1 heterocycles. The number of rotatable bonds is 8. The van der Waals surface area contributed by atoms with Crippen molar-refractivity contribution < 1.29 is 9.59 Å². The summed E-state index contributed by atoms with van der Waals surface area (Å²) < 4.78 is 0. The largest absolute Gasteiger partial charge is 0.370 e. The molecule has 0 bridgehead atoms. The first-order valence-corrected chi connectivity index (χ1v) is 9.55. The first-order chi connectivity index (χ1) is 11.6. The van der Waals surface area contributed by atoms with Gasteiger partial charge in [-0.25, -0.2) is 0 Å². The molecule has 0 spiro atoms. The van der Waals surface area contributed by atoms with Gasteiger partial charge in [-0.3, -0.25) is 9.59 Å². The van der Waals surface area contributed by atoms with E-state index in [1.807, 2.05) is 24.3 Å². The Kier molecular flexibility index (Phi) is 7.59. The summed E-state index contributed by atoms with van der Waals surface area (Å²) in [7, 11) is 0. The molecule has 1 unspecified atom stereocenters. The predicted octanol–water partition coefficient (Wildman–Crippen LogP) is 2.62. The molecule has 1 aliphatic heterocycles. The van der Waals surface area contributed by atoms with E-state index in [2.05, 4.69) is 17.6 Å². The van der Waals surface area contributed by atoms with Crippen LogP contribution in [0.3, 0.4) is 0 Å². The number of thioether (sulfide) groups is 1. The number of anilines is 1. The molecule has 1 saturated heterocycles. The van der Waals surface area contributed by atoms with Crippen LogP contribution in [0.1, 0.15) is 32.6 Å². The van der Waals surface area contributed by atoms with Crippen LogP contribution >= 0.6 is 11.8 Å². The monoisotopic (exact) mass is 349 g/mol. The second kappa shape index (κ2) is 9.69. The molecule has 1 aliphatic rings. The van der Waals surface area contributed by atoms with Gasteiger partial charge in [0, 0.05) is 23.5 Å². The molecular formula is C18H27N3O2S. The van der Waals surface area contributed by atoms with Crippen molar-refractivity contribution in [3.05, 3.63) is 24.3 Å². The highest BCUT2D eigenvalue weighted by Gasteiger charge is 2.22. The van der Waals surface area contributed by atoms with Crippen LogP contribution in [0.25, 0.3) is 0 Å². The lowest BCUT2D eigenvalue weighted by Gasteiger charge is -2.28. The van der Waals surface area contributed by atoms with Crippen molar-refractivity contribution in [2.24, 2.45) is 17.6 Å². The fourth-order valence-electron chi connectivity index (χ4n) is 3.03. The summed E-state index contributed by atoms with van der Waals surface area (Å²) in [4.78, 5) is 24.2. The van der Waals surface area contributed by atoms with Gasteiger partial charge in [0.2, 0.25) is 11.8 Å². The Labute approximate surface area is 148 Å². The zero-order valence-electron chi connectivity index (χ0n) is 14.2. The van der Waals surface area contributed by atoms with Gasteiger partial charge >= 0.3 is 0 Å². The predicted molar refractivity (Wildman–Crippen MR) is 99.0 cm³/mol. The molecule has 4 N–H and O–H groups in total. The van der Waals surface area contributed by atoms with Crippen molar-refractivity contribution >= 4 is 29.3 Å². The SMILES string of the molecule is CC(CC(=O)Nc1ccccc1SCCC(N)=O)C1CCNCC1. The molecule has 0 aliphatic carbocycles. The number of amides is 2. The Bertz CT molecular complexity index is 559. The van der Waals surface area contributed by atoms with Crippen molar-refractivity contribution in [1.82, 2.24) is 5.32 Å². The molecule has 2 amide bonds. The van der Waals surface area contributed by atoms with Crippen LogP contribution in [-0.4, -0.2) is 30.7 Å².